The van der Waals surface area contributed by atoms with Crippen molar-refractivity contribution in [1.82, 2.24) is 9.80 Å². The Balaban J connectivity index is 1.83. The molecular formula is C31H43N3O4. The first-order chi connectivity index (χ1) is 18.5. The highest BCUT2D eigenvalue weighted by Gasteiger charge is 2.42. The molecule has 0 bridgehead atoms. The fourth-order valence-corrected chi connectivity index (χ4v) is 5.13. The number of amides is 3. The van der Waals surface area contributed by atoms with Gasteiger partial charge in [0.2, 0.25) is 5.91 Å². The number of carbonyl (C=O) groups is 3. The third kappa shape index (κ3) is 7.59. The van der Waals surface area contributed by atoms with Crippen molar-refractivity contribution in [2.24, 2.45) is 5.92 Å². The number of rotatable bonds is 12. The maximum absolute atomic E-state index is 14.0. The minimum Gasteiger partial charge on any atom is -0.467 e. The van der Waals surface area contributed by atoms with Gasteiger partial charge in [-0.3, -0.25) is 9.69 Å². The van der Waals surface area contributed by atoms with Crippen LogP contribution in [0, 0.1) is 5.92 Å². The molecule has 1 saturated heterocycles. The number of urea groups is 1. The first-order valence-corrected chi connectivity index (χ1v) is 14.1. The van der Waals surface area contributed by atoms with Crippen molar-refractivity contribution in [3.05, 3.63) is 60.7 Å². The van der Waals surface area contributed by atoms with Crippen LogP contribution in [0.1, 0.15) is 65.2 Å². The number of carbonyl (C=O) groups excluding carboxylic acids is 3. The molecule has 0 saturated carbocycles. The highest BCUT2D eigenvalue weighted by Crippen LogP contribution is 2.32. The van der Waals surface area contributed by atoms with Gasteiger partial charge < -0.3 is 14.5 Å². The summed E-state index contributed by atoms with van der Waals surface area (Å²) in [5.41, 5.74) is 1.42. The van der Waals surface area contributed by atoms with Crippen LogP contribution in [0.3, 0.4) is 0 Å². The Labute approximate surface area is 227 Å². The van der Waals surface area contributed by atoms with E-state index in [1.807, 2.05) is 65.6 Å². The SMILES string of the molecule is CCCCCN(CCCCC)C(=O)[C@@H]1CCN(C(=O)N(c2ccccc2)c2ccccc2)[C@@H](C(=O)OC)C1. The molecule has 3 amide bonds. The standard InChI is InChI=1S/C31H43N3O4/c1-4-6-14-21-32(22-15-7-5-2)29(35)25-20-23-33(28(24-25)30(36)38-3)31(37)34(26-16-10-8-11-17-26)27-18-12-9-13-19-27/h8-13,16-19,25,28H,4-7,14-15,20-24H2,1-3H3/t25-,28-/m1/s1. The van der Waals surface area contributed by atoms with E-state index in [1.165, 1.54) is 7.11 Å². The van der Waals surface area contributed by atoms with Crippen LogP contribution in [0.15, 0.2) is 60.7 Å². The van der Waals surface area contributed by atoms with Crippen LogP contribution >= 0.6 is 0 Å². The van der Waals surface area contributed by atoms with Crippen molar-refractivity contribution in [2.45, 2.75) is 71.3 Å². The number of likely N-dealkylation sites (tertiary alicyclic amines) is 1. The molecule has 1 heterocycles. The molecule has 0 aromatic heterocycles. The Morgan fingerprint density at radius 1 is 0.842 bits per heavy atom. The zero-order chi connectivity index (χ0) is 27.3. The number of piperidine rings is 1. The molecule has 1 fully saturated rings. The fraction of sp³-hybridized carbons (Fsp3) is 0.516. The molecule has 1 aliphatic rings. The van der Waals surface area contributed by atoms with Crippen molar-refractivity contribution < 1.29 is 19.1 Å². The normalized spacial score (nSPS) is 17.1. The van der Waals surface area contributed by atoms with Crippen LogP contribution < -0.4 is 4.90 Å². The summed E-state index contributed by atoms with van der Waals surface area (Å²) in [5, 5.41) is 0. The quantitative estimate of drug-likeness (QED) is 0.239. The van der Waals surface area contributed by atoms with Crippen LogP contribution in [0.25, 0.3) is 0 Å². The topological polar surface area (TPSA) is 70.2 Å². The molecular weight excluding hydrogens is 478 g/mol. The summed E-state index contributed by atoms with van der Waals surface area (Å²) in [5.74, 6) is -0.699. The van der Waals surface area contributed by atoms with Gasteiger partial charge in [-0.2, -0.15) is 0 Å². The van der Waals surface area contributed by atoms with Crippen LogP contribution in [-0.2, 0) is 14.3 Å². The molecule has 0 radical (unpaired) electrons. The summed E-state index contributed by atoms with van der Waals surface area (Å²) in [6, 6.07) is 17.7. The fourth-order valence-electron chi connectivity index (χ4n) is 5.13. The zero-order valence-corrected chi connectivity index (χ0v) is 23.2. The lowest BCUT2D eigenvalue weighted by Gasteiger charge is -2.41. The molecule has 0 unspecified atom stereocenters. The average molecular weight is 522 g/mol. The average Bonchev–Trinajstić information content (AvgIpc) is 2.96. The van der Waals surface area contributed by atoms with E-state index in [2.05, 4.69) is 13.8 Å². The van der Waals surface area contributed by atoms with Crippen LogP contribution in [-0.4, -0.2) is 60.5 Å². The van der Waals surface area contributed by atoms with Crippen molar-refractivity contribution in [1.29, 1.82) is 0 Å². The number of nitrogens with zero attached hydrogens (tertiary/aromatic N) is 3. The van der Waals surface area contributed by atoms with E-state index in [4.69, 9.17) is 4.74 Å². The Morgan fingerprint density at radius 3 is 1.84 bits per heavy atom. The number of hydrogen-bond donors (Lipinski definition) is 0. The largest absolute Gasteiger partial charge is 0.467 e. The number of para-hydroxylation sites is 2. The number of benzene rings is 2. The predicted molar refractivity (Wildman–Crippen MR) is 151 cm³/mol. The molecule has 2 atom stereocenters. The van der Waals surface area contributed by atoms with Gasteiger partial charge in [0.05, 0.1) is 18.5 Å². The lowest BCUT2D eigenvalue weighted by Crippen LogP contribution is -2.56. The van der Waals surface area contributed by atoms with E-state index >= 15 is 0 Å². The van der Waals surface area contributed by atoms with Gasteiger partial charge in [-0.1, -0.05) is 75.9 Å². The van der Waals surface area contributed by atoms with Gasteiger partial charge in [0.15, 0.2) is 0 Å². The second-order valence-corrected chi connectivity index (χ2v) is 9.98. The lowest BCUT2D eigenvalue weighted by atomic mass is 9.89. The maximum atomic E-state index is 14.0. The Morgan fingerprint density at radius 2 is 1.37 bits per heavy atom. The van der Waals surface area contributed by atoms with Gasteiger partial charge >= 0.3 is 12.0 Å². The van der Waals surface area contributed by atoms with E-state index in [9.17, 15) is 14.4 Å². The second kappa shape index (κ2) is 15.2. The number of unbranched alkanes of at least 4 members (excludes halogenated alkanes) is 4. The first kappa shape index (κ1) is 29.2. The van der Waals surface area contributed by atoms with Gasteiger partial charge in [0.25, 0.3) is 0 Å². The molecule has 0 spiro atoms. The molecule has 1 aliphatic heterocycles. The van der Waals surface area contributed by atoms with Crippen molar-refractivity contribution in [3.8, 4) is 0 Å². The highest BCUT2D eigenvalue weighted by molar-refractivity contribution is 6.01. The van der Waals surface area contributed by atoms with E-state index in [1.54, 1.807) is 9.80 Å². The maximum Gasteiger partial charge on any atom is 0.329 e. The molecule has 38 heavy (non-hydrogen) atoms. The summed E-state index contributed by atoms with van der Waals surface area (Å²) in [6.45, 7) is 6.11. The van der Waals surface area contributed by atoms with Gasteiger partial charge in [-0.15, -0.1) is 0 Å². The predicted octanol–water partition coefficient (Wildman–Crippen LogP) is 6.41. The summed E-state index contributed by atoms with van der Waals surface area (Å²) in [6.07, 6.45) is 7.13. The van der Waals surface area contributed by atoms with Gasteiger partial charge in [-0.25, -0.2) is 9.59 Å². The third-order valence-corrected chi connectivity index (χ3v) is 7.27. The van der Waals surface area contributed by atoms with E-state index in [0.717, 1.165) is 51.6 Å². The minimum absolute atomic E-state index is 0.0983. The number of hydrogen-bond acceptors (Lipinski definition) is 4. The Hall–Kier alpha value is -3.35. The van der Waals surface area contributed by atoms with Crippen molar-refractivity contribution in [2.75, 3.05) is 31.6 Å². The number of esters is 1. The van der Waals surface area contributed by atoms with Gasteiger partial charge in [0, 0.05) is 25.6 Å². The molecule has 2 aromatic carbocycles. The smallest absolute Gasteiger partial charge is 0.329 e. The number of anilines is 2. The van der Waals surface area contributed by atoms with E-state index < -0.39 is 12.0 Å². The number of ether oxygens (including phenoxy) is 1. The summed E-state index contributed by atoms with van der Waals surface area (Å²) in [4.78, 5) is 45.9. The van der Waals surface area contributed by atoms with E-state index in [-0.39, 0.29) is 24.3 Å². The van der Waals surface area contributed by atoms with E-state index in [0.29, 0.717) is 24.3 Å². The molecule has 0 N–H and O–H groups in total. The highest BCUT2D eigenvalue weighted by atomic mass is 16.5. The minimum atomic E-state index is -0.821. The Kier molecular flexibility index (Phi) is 11.7. The molecule has 206 valence electrons. The molecule has 7 heteroatoms. The zero-order valence-electron chi connectivity index (χ0n) is 23.2. The van der Waals surface area contributed by atoms with Crippen LogP contribution in [0.4, 0.5) is 16.2 Å². The summed E-state index contributed by atoms with van der Waals surface area (Å²) < 4.78 is 5.13. The second-order valence-electron chi connectivity index (χ2n) is 9.98. The third-order valence-electron chi connectivity index (χ3n) is 7.27. The monoisotopic (exact) mass is 521 g/mol. The summed E-state index contributed by atoms with van der Waals surface area (Å²) in [7, 11) is 1.34. The lowest BCUT2D eigenvalue weighted by molar-refractivity contribution is -0.149. The molecule has 3 rings (SSSR count). The number of methoxy groups -OCH3 is 1. The van der Waals surface area contributed by atoms with Gasteiger partial charge in [0.1, 0.15) is 6.04 Å². The van der Waals surface area contributed by atoms with Gasteiger partial charge in [-0.05, 0) is 49.9 Å². The summed E-state index contributed by atoms with van der Waals surface area (Å²) >= 11 is 0. The van der Waals surface area contributed by atoms with Crippen LogP contribution in [0.5, 0.6) is 0 Å². The van der Waals surface area contributed by atoms with Crippen molar-refractivity contribution >= 4 is 29.3 Å². The molecule has 0 aliphatic carbocycles. The molecule has 7 nitrogen and oxygen atoms in total. The van der Waals surface area contributed by atoms with Crippen molar-refractivity contribution in [3.63, 3.8) is 0 Å². The Bertz CT molecular complexity index is 965. The first-order valence-electron chi connectivity index (χ1n) is 14.1. The molecule has 2 aromatic rings. The van der Waals surface area contributed by atoms with Crippen LogP contribution in [0.2, 0.25) is 0 Å².